The first-order valence-corrected chi connectivity index (χ1v) is 5.59. The molecule has 2 aromatic heterocycles. The second-order valence-electron chi connectivity index (χ2n) is 4.14. The van der Waals surface area contributed by atoms with Crippen molar-refractivity contribution in [3.63, 3.8) is 0 Å². The minimum absolute atomic E-state index is 0.0247. The zero-order valence-electron chi connectivity index (χ0n) is 9.94. The summed E-state index contributed by atoms with van der Waals surface area (Å²) >= 11 is 0. The van der Waals surface area contributed by atoms with Crippen molar-refractivity contribution in [1.82, 2.24) is 20.2 Å². The predicted octanol–water partition coefficient (Wildman–Crippen LogP) is 2.62. The van der Waals surface area contributed by atoms with Crippen molar-refractivity contribution in [3.05, 3.63) is 36.0 Å². The first-order chi connectivity index (χ1) is 9.45. The maximum Gasteiger partial charge on any atom is 0.416 e. The van der Waals surface area contributed by atoms with Crippen LogP contribution in [0.15, 0.2) is 30.5 Å². The highest BCUT2D eigenvalue weighted by atomic mass is 19.4. The standard InChI is InChI=1S/C12H8F3N5/c13-12(14,15)7-3-1-6(2-4-7)9-8-5-17-20-10(8)19-11(16)18-9/h1-5H,(H3,16,17,18,19,20). The molecule has 0 aliphatic carbocycles. The molecule has 0 fully saturated rings. The number of anilines is 1. The van der Waals surface area contributed by atoms with Gasteiger partial charge in [-0.2, -0.15) is 23.3 Å². The Hall–Kier alpha value is -2.64. The zero-order chi connectivity index (χ0) is 14.3. The fourth-order valence-corrected chi connectivity index (χ4v) is 1.89. The number of aromatic amines is 1. The molecule has 0 atom stereocenters. The van der Waals surface area contributed by atoms with Crippen LogP contribution in [0, 0.1) is 0 Å². The molecule has 0 unspecified atom stereocenters. The number of nitrogen functional groups attached to an aromatic ring is 1. The van der Waals surface area contributed by atoms with Gasteiger partial charge in [0.25, 0.3) is 0 Å². The second-order valence-corrected chi connectivity index (χ2v) is 4.14. The Morgan fingerprint density at radius 1 is 1.05 bits per heavy atom. The SMILES string of the molecule is Nc1nc(-c2ccc(C(F)(F)F)cc2)c2cn[nH]c2n1. The summed E-state index contributed by atoms with van der Waals surface area (Å²) in [6, 6.07) is 4.69. The lowest BCUT2D eigenvalue weighted by Crippen LogP contribution is -2.04. The number of aromatic nitrogens is 4. The summed E-state index contributed by atoms with van der Waals surface area (Å²) in [5, 5.41) is 7.06. The summed E-state index contributed by atoms with van der Waals surface area (Å²) in [5.41, 5.74) is 6.24. The van der Waals surface area contributed by atoms with E-state index >= 15 is 0 Å². The van der Waals surface area contributed by atoms with E-state index in [-0.39, 0.29) is 5.95 Å². The molecule has 0 saturated heterocycles. The summed E-state index contributed by atoms with van der Waals surface area (Å²) in [7, 11) is 0. The van der Waals surface area contributed by atoms with E-state index in [1.807, 2.05) is 0 Å². The Balaban J connectivity index is 2.14. The molecule has 2 heterocycles. The molecule has 1 aromatic carbocycles. The first-order valence-electron chi connectivity index (χ1n) is 5.59. The number of hydrogen-bond donors (Lipinski definition) is 2. The Bertz CT molecular complexity index is 761. The number of rotatable bonds is 1. The van der Waals surface area contributed by atoms with Gasteiger partial charge in [-0.25, -0.2) is 4.98 Å². The smallest absolute Gasteiger partial charge is 0.368 e. The van der Waals surface area contributed by atoms with Crippen LogP contribution in [0.25, 0.3) is 22.3 Å². The summed E-state index contributed by atoms with van der Waals surface area (Å²) < 4.78 is 37.6. The quantitative estimate of drug-likeness (QED) is 0.717. The third-order valence-corrected chi connectivity index (χ3v) is 2.81. The van der Waals surface area contributed by atoms with Gasteiger partial charge in [0.05, 0.1) is 22.8 Å². The summed E-state index contributed by atoms with van der Waals surface area (Å²) in [5.74, 6) is 0.0247. The molecule has 5 nitrogen and oxygen atoms in total. The fourth-order valence-electron chi connectivity index (χ4n) is 1.89. The van der Waals surface area contributed by atoms with Crippen LogP contribution >= 0.6 is 0 Å². The van der Waals surface area contributed by atoms with Gasteiger partial charge in [-0.1, -0.05) is 12.1 Å². The van der Waals surface area contributed by atoms with Crippen LogP contribution in [-0.2, 0) is 6.18 Å². The number of H-pyrrole nitrogens is 1. The van der Waals surface area contributed by atoms with Gasteiger partial charge in [0.15, 0.2) is 5.65 Å². The van der Waals surface area contributed by atoms with Crippen LogP contribution in [-0.4, -0.2) is 20.2 Å². The molecule has 0 aliphatic rings. The van der Waals surface area contributed by atoms with E-state index in [2.05, 4.69) is 20.2 Å². The van der Waals surface area contributed by atoms with E-state index in [1.54, 1.807) is 0 Å². The highest BCUT2D eigenvalue weighted by Gasteiger charge is 2.30. The zero-order valence-corrected chi connectivity index (χ0v) is 9.94. The normalized spacial score (nSPS) is 11.9. The Morgan fingerprint density at radius 2 is 1.75 bits per heavy atom. The largest absolute Gasteiger partial charge is 0.416 e. The van der Waals surface area contributed by atoms with Crippen LogP contribution in [0.3, 0.4) is 0 Å². The third-order valence-electron chi connectivity index (χ3n) is 2.81. The molecule has 0 amide bonds. The van der Waals surface area contributed by atoms with Crippen LogP contribution < -0.4 is 5.73 Å². The van der Waals surface area contributed by atoms with Crippen molar-refractivity contribution >= 4 is 17.0 Å². The first kappa shape index (κ1) is 12.4. The van der Waals surface area contributed by atoms with Gasteiger partial charge in [0.1, 0.15) is 0 Å². The van der Waals surface area contributed by atoms with Crippen LogP contribution in [0.5, 0.6) is 0 Å². The second kappa shape index (κ2) is 4.19. The summed E-state index contributed by atoms with van der Waals surface area (Å²) in [6.07, 6.45) is -2.87. The van der Waals surface area contributed by atoms with Crippen molar-refractivity contribution in [2.75, 3.05) is 5.73 Å². The molecule has 3 aromatic rings. The lowest BCUT2D eigenvalue weighted by molar-refractivity contribution is -0.137. The monoisotopic (exact) mass is 279 g/mol. The maximum atomic E-state index is 12.5. The minimum atomic E-state index is -4.37. The van der Waals surface area contributed by atoms with Gasteiger partial charge in [-0.3, -0.25) is 5.10 Å². The van der Waals surface area contributed by atoms with E-state index in [4.69, 9.17) is 5.73 Å². The molecular formula is C12H8F3N5. The Morgan fingerprint density at radius 3 is 2.40 bits per heavy atom. The van der Waals surface area contributed by atoms with E-state index < -0.39 is 11.7 Å². The van der Waals surface area contributed by atoms with Crippen LogP contribution in [0.2, 0.25) is 0 Å². The van der Waals surface area contributed by atoms with Gasteiger partial charge < -0.3 is 5.73 Å². The molecule has 0 radical (unpaired) electrons. The number of hydrogen-bond acceptors (Lipinski definition) is 4. The fraction of sp³-hybridized carbons (Fsp3) is 0.0833. The molecule has 3 N–H and O–H groups in total. The minimum Gasteiger partial charge on any atom is -0.368 e. The lowest BCUT2D eigenvalue weighted by Gasteiger charge is -2.08. The van der Waals surface area contributed by atoms with Crippen molar-refractivity contribution < 1.29 is 13.2 Å². The topological polar surface area (TPSA) is 80.5 Å². The highest BCUT2D eigenvalue weighted by molar-refractivity contribution is 5.90. The van der Waals surface area contributed by atoms with Gasteiger partial charge in [-0.15, -0.1) is 0 Å². The van der Waals surface area contributed by atoms with Crippen molar-refractivity contribution in [1.29, 1.82) is 0 Å². The van der Waals surface area contributed by atoms with Gasteiger partial charge in [0.2, 0.25) is 5.95 Å². The number of halogens is 3. The molecule has 8 heteroatoms. The molecule has 0 bridgehead atoms. The predicted molar refractivity (Wildman–Crippen MR) is 66.5 cm³/mol. The number of alkyl halides is 3. The van der Waals surface area contributed by atoms with Gasteiger partial charge in [-0.05, 0) is 12.1 Å². The summed E-state index contributed by atoms with van der Waals surface area (Å²) in [4.78, 5) is 8.01. The number of benzene rings is 1. The highest BCUT2D eigenvalue weighted by Crippen LogP contribution is 2.32. The molecule has 0 saturated carbocycles. The molecule has 3 rings (SSSR count). The number of nitrogens with one attached hydrogen (secondary N) is 1. The van der Waals surface area contributed by atoms with E-state index in [1.165, 1.54) is 18.3 Å². The van der Waals surface area contributed by atoms with Crippen LogP contribution in [0.4, 0.5) is 19.1 Å². The molecule has 20 heavy (non-hydrogen) atoms. The number of fused-ring (bicyclic) bond motifs is 1. The Labute approximate surface area is 110 Å². The van der Waals surface area contributed by atoms with Crippen molar-refractivity contribution in [2.45, 2.75) is 6.18 Å². The van der Waals surface area contributed by atoms with Crippen LogP contribution in [0.1, 0.15) is 5.56 Å². The van der Waals surface area contributed by atoms with Crippen molar-refractivity contribution in [2.24, 2.45) is 0 Å². The number of nitrogens with zero attached hydrogens (tertiary/aromatic N) is 3. The van der Waals surface area contributed by atoms with E-state index in [0.717, 1.165) is 12.1 Å². The van der Waals surface area contributed by atoms with Crippen molar-refractivity contribution in [3.8, 4) is 11.3 Å². The Kier molecular flexibility index (Phi) is 2.60. The van der Waals surface area contributed by atoms with E-state index in [0.29, 0.717) is 22.3 Å². The molecule has 0 spiro atoms. The van der Waals surface area contributed by atoms with E-state index in [9.17, 15) is 13.2 Å². The average Bonchev–Trinajstić information content (AvgIpc) is 2.85. The average molecular weight is 279 g/mol. The molecule has 0 aliphatic heterocycles. The lowest BCUT2D eigenvalue weighted by atomic mass is 10.1. The number of nitrogens with two attached hydrogens (primary N) is 1. The molecule has 102 valence electrons. The van der Waals surface area contributed by atoms with Gasteiger partial charge in [0, 0.05) is 5.56 Å². The molecular weight excluding hydrogens is 271 g/mol. The summed E-state index contributed by atoms with van der Waals surface area (Å²) in [6.45, 7) is 0. The maximum absolute atomic E-state index is 12.5. The third kappa shape index (κ3) is 2.04. The van der Waals surface area contributed by atoms with Gasteiger partial charge >= 0.3 is 6.18 Å².